The molecule has 1 fully saturated rings. The van der Waals surface area contributed by atoms with Gasteiger partial charge in [0, 0.05) is 11.6 Å². The molecule has 1 saturated carbocycles. The number of anilines is 1. The number of benzene rings is 1. The van der Waals surface area contributed by atoms with Crippen molar-refractivity contribution in [3.05, 3.63) is 24.3 Å². The standard InChI is InChI=1S/C22H34N2O3/c1-14(2)16-6-8-17(9-7-16)21(25)24-20(15(3)4)22(26)23-18-10-12-19(27-5)13-11-18/h10-17,20H,6-9H2,1-5H3,(H,23,26)(H,24,25)/t16?,17?,20-/m0/s1. The molecule has 0 bridgehead atoms. The summed E-state index contributed by atoms with van der Waals surface area (Å²) in [7, 11) is 1.60. The number of nitrogens with one attached hydrogen (secondary N) is 2. The van der Waals surface area contributed by atoms with Gasteiger partial charge in [-0.05, 0) is 67.7 Å². The molecule has 1 aromatic rings. The molecule has 1 aliphatic carbocycles. The van der Waals surface area contributed by atoms with Crippen LogP contribution < -0.4 is 15.4 Å². The predicted octanol–water partition coefficient (Wildman–Crippen LogP) is 4.24. The van der Waals surface area contributed by atoms with Crippen LogP contribution in [0.3, 0.4) is 0 Å². The third-order valence-electron chi connectivity index (χ3n) is 5.69. The summed E-state index contributed by atoms with van der Waals surface area (Å²) in [6.45, 7) is 8.41. The van der Waals surface area contributed by atoms with Crippen molar-refractivity contribution in [2.45, 2.75) is 59.4 Å². The molecule has 2 amide bonds. The number of hydrogen-bond acceptors (Lipinski definition) is 3. The molecule has 0 heterocycles. The highest BCUT2D eigenvalue weighted by molar-refractivity contribution is 5.97. The van der Waals surface area contributed by atoms with Gasteiger partial charge >= 0.3 is 0 Å². The molecule has 2 rings (SSSR count). The van der Waals surface area contributed by atoms with Gasteiger partial charge in [-0.25, -0.2) is 0 Å². The van der Waals surface area contributed by atoms with Gasteiger partial charge in [0.05, 0.1) is 7.11 Å². The molecule has 150 valence electrons. The Morgan fingerprint density at radius 1 is 1.00 bits per heavy atom. The summed E-state index contributed by atoms with van der Waals surface area (Å²) in [5, 5.41) is 5.89. The molecule has 0 aliphatic heterocycles. The van der Waals surface area contributed by atoms with Crippen LogP contribution in [0, 0.1) is 23.7 Å². The van der Waals surface area contributed by atoms with Gasteiger partial charge in [-0.2, -0.15) is 0 Å². The predicted molar refractivity (Wildman–Crippen MR) is 109 cm³/mol. The SMILES string of the molecule is COc1ccc(NC(=O)[C@@H](NC(=O)C2CCC(C(C)C)CC2)C(C)C)cc1. The molecule has 0 saturated heterocycles. The molecule has 1 aromatic carbocycles. The van der Waals surface area contributed by atoms with E-state index in [-0.39, 0.29) is 23.7 Å². The van der Waals surface area contributed by atoms with Crippen LogP contribution in [-0.4, -0.2) is 25.0 Å². The minimum absolute atomic E-state index is 0.0131. The molecule has 1 atom stereocenters. The van der Waals surface area contributed by atoms with Crippen molar-refractivity contribution in [3.8, 4) is 5.75 Å². The summed E-state index contributed by atoms with van der Waals surface area (Å²) in [6, 6.07) is 6.64. The van der Waals surface area contributed by atoms with E-state index >= 15 is 0 Å². The molecule has 2 N–H and O–H groups in total. The highest BCUT2D eigenvalue weighted by atomic mass is 16.5. The largest absolute Gasteiger partial charge is 0.497 e. The van der Waals surface area contributed by atoms with E-state index < -0.39 is 6.04 Å². The lowest BCUT2D eigenvalue weighted by Gasteiger charge is -2.31. The summed E-state index contributed by atoms with van der Waals surface area (Å²) in [5.74, 6) is 1.99. The van der Waals surface area contributed by atoms with E-state index in [1.54, 1.807) is 31.4 Å². The molecule has 0 aromatic heterocycles. The van der Waals surface area contributed by atoms with E-state index in [2.05, 4.69) is 24.5 Å². The van der Waals surface area contributed by atoms with E-state index in [9.17, 15) is 9.59 Å². The fourth-order valence-electron chi connectivity index (χ4n) is 3.75. The zero-order valence-corrected chi connectivity index (χ0v) is 17.2. The monoisotopic (exact) mass is 374 g/mol. The molecule has 0 radical (unpaired) electrons. The van der Waals surface area contributed by atoms with Crippen molar-refractivity contribution in [2.24, 2.45) is 23.7 Å². The zero-order valence-electron chi connectivity index (χ0n) is 17.2. The quantitative estimate of drug-likeness (QED) is 0.750. The van der Waals surface area contributed by atoms with Crippen LogP contribution in [0.1, 0.15) is 53.4 Å². The van der Waals surface area contributed by atoms with Crippen molar-refractivity contribution in [2.75, 3.05) is 12.4 Å². The number of amides is 2. The highest BCUT2D eigenvalue weighted by Gasteiger charge is 2.31. The molecule has 0 spiro atoms. The summed E-state index contributed by atoms with van der Waals surface area (Å²) < 4.78 is 5.13. The van der Waals surface area contributed by atoms with Gasteiger partial charge in [0.2, 0.25) is 11.8 Å². The normalized spacial score (nSPS) is 21.0. The van der Waals surface area contributed by atoms with Crippen LogP contribution in [0.25, 0.3) is 0 Å². The fraction of sp³-hybridized carbons (Fsp3) is 0.636. The number of carbonyl (C=O) groups excluding carboxylic acids is 2. The number of rotatable bonds is 7. The lowest BCUT2D eigenvalue weighted by molar-refractivity contribution is -0.131. The molecule has 5 heteroatoms. The van der Waals surface area contributed by atoms with Crippen molar-refractivity contribution in [3.63, 3.8) is 0 Å². The first kappa shape index (κ1) is 21.3. The van der Waals surface area contributed by atoms with Gasteiger partial charge in [0.1, 0.15) is 11.8 Å². The van der Waals surface area contributed by atoms with E-state index in [0.29, 0.717) is 17.5 Å². The van der Waals surface area contributed by atoms with Gasteiger partial charge in [0.25, 0.3) is 0 Å². The lowest BCUT2D eigenvalue weighted by Crippen LogP contribution is -2.49. The maximum atomic E-state index is 12.7. The highest BCUT2D eigenvalue weighted by Crippen LogP contribution is 2.33. The average molecular weight is 375 g/mol. The van der Waals surface area contributed by atoms with Crippen LogP contribution in [-0.2, 0) is 9.59 Å². The van der Waals surface area contributed by atoms with Gasteiger partial charge < -0.3 is 15.4 Å². The zero-order chi connectivity index (χ0) is 20.0. The third kappa shape index (κ3) is 5.98. The second-order valence-corrected chi connectivity index (χ2v) is 8.30. The summed E-state index contributed by atoms with van der Waals surface area (Å²) >= 11 is 0. The Balaban J connectivity index is 1.93. The van der Waals surface area contributed by atoms with Gasteiger partial charge in [-0.1, -0.05) is 27.7 Å². The topological polar surface area (TPSA) is 67.4 Å². The van der Waals surface area contributed by atoms with Gasteiger partial charge in [-0.3, -0.25) is 9.59 Å². The molecule has 27 heavy (non-hydrogen) atoms. The maximum absolute atomic E-state index is 12.7. The smallest absolute Gasteiger partial charge is 0.247 e. The minimum atomic E-state index is -0.539. The van der Waals surface area contributed by atoms with Crippen LogP contribution in [0.2, 0.25) is 0 Å². The second-order valence-electron chi connectivity index (χ2n) is 8.30. The number of methoxy groups -OCH3 is 1. The third-order valence-corrected chi connectivity index (χ3v) is 5.69. The fourth-order valence-corrected chi connectivity index (χ4v) is 3.75. The van der Waals surface area contributed by atoms with Crippen molar-refractivity contribution >= 4 is 17.5 Å². The average Bonchev–Trinajstić information content (AvgIpc) is 2.66. The van der Waals surface area contributed by atoms with Crippen molar-refractivity contribution < 1.29 is 14.3 Å². The number of carbonyl (C=O) groups is 2. The summed E-state index contributed by atoms with van der Waals surface area (Å²) in [4.78, 5) is 25.4. The Labute approximate surface area is 163 Å². The van der Waals surface area contributed by atoms with E-state index in [0.717, 1.165) is 31.4 Å². The minimum Gasteiger partial charge on any atom is -0.497 e. The molecular weight excluding hydrogens is 340 g/mol. The summed E-state index contributed by atoms with van der Waals surface area (Å²) in [5.41, 5.74) is 0.693. The maximum Gasteiger partial charge on any atom is 0.247 e. The second kappa shape index (κ2) is 9.77. The van der Waals surface area contributed by atoms with Crippen LogP contribution in [0.15, 0.2) is 24.3 Å². The Morgan fingerprint density at radius 2 is 1.59 bits per heavy atom. The number of ether oxygens (including phenoxy) is 1. The molecule has 1 aliphatic rings. The van der Waals surface area contributed by atoms with Crippen LogP contribution >= 0.6 is 0 Å². The van der Waals surface area contributed by atoms with E-state index in [1.807, 2.05) is 13.8 Å². The van der Waals surface area contributed by atoms with Crippen molar-refractivity contribution in [1.29, 1.82) is 0 Å². The first-order valence-corrected chi connectivity index (χ1v) is 10.1. The van der Waals surface area contributed by atoms with Crippen molar-refractivity contribution in [1.82, 2.24) is 5.32 Å². The Kier molecular flexibility index (Phi) is 7.69. The lowest BCUT2D eigenvalue weighted by atomic mass is 9.76. The van der Waals surface area contributed by atoms with E-state index in [1.165, 1.54) is 0 Å². The molecule has 0 unspecified atom stereocenters. The van der Waals surface area contributed by atoms with E-state index in [4.69, 9.17) is 4.74 Å². The molecular formula is C22H34N2O3. The summed E-state index contributed by atoms with van der Waals surface area (Å²) in [6.07, 6.45) is 4.03. The van der Waals surface area contributed by atoms with Crippen LogP contribution in [0.4, 0.5) is 5.69 Å². The first-order chi connectivity index (χ1) is 12.8. The number of hydrogen-bond donors (Lipinski definition) is 2. The van der Waals surface area contributed by atoms with Crippen LogP contribution in [0.5, 0.6) is 5.75 Å². The Bertz CT molecular complexity index is 617. The Morgan fingerprint density at radius 3 is 2.07 bits per heavy atom. The van der Waals surface area contributed by atoms with Gasteiger partial charge in [-0.15, -0.1) is 0 Å². The first-order valence-electron chi connectivity index (χ1n) is 10.1. The van der Waals surface area contributed by atoms with Gasteiger partial charge in [0.15, 0.2) is 0 Å². The Hall–Kier alpha value is -2.04. The molecule has 5 nitrogen and oxygen atoms in total.